The van der Waals surface area contributed by atoms with E-state index in [0.29, 0.717) is 6.33 Å². The largest absolute Gasteiger partial charge is 0.216 e. The summed E-state index contributed by atoms with van der Waals surface area (Å²) in [7, 11) is 0. The maximum Gasteiger partial charge on any atom is 0.0827 e. The molecule has 0 heterocycles. The van der Waals surface area contributed by atoms with Crippen LogP contribution < -0.4 is 0 Å². The van der Waals surface area contributed by atoms with Gasteiger partial charge in [-0.15, -0.1) is 0 Å². The van der Waals surface area contributed by atoms with Crippen LogP contribution in [0.4, 0.5) is 4.39 Å². The normalized spacial score (nSPS) is 11.5. The molecule has 0 aliphatic heterocycles. The molecule has 0 unspecified atom stereocenters. The van der Waals surface area contributed by atoms with Crippen LogP contribution in [0.1, 0.15) is 103 Å². The Labute approximate surface area is 120 Å². The van der Waals surface area contributed by atoms with Crippen LogP contribution in [0, 0.1) is 0 Å². The number of unbranched alkanes of at least 4 members (excludes halogenated alkanes) is 14. The van der Waals surface area contributed by atoms with Gasteiger partial charge in [0.05, 0.1) is 6.33 Å². The molecule has 0 saturated heterocycles. The van der Waals surface area contributed by atoms with Gasteiger partial charge in [0.25, 0.3) is 0 Å². The van der Waals surface area contributed by atoms with Crippen molar-refractivity contribution >= 4 is 0 Å². The van der Waals surface area contributed by atoms with Crippen molar-refractivity contribution in [1.82, 2.24) is 0 Å². The molecular formula is C18H35F. The summed E-state index contributed by atoms with van der Waals surface area (Å²) in [4.78, 5) is 0. The molecule has 0 saturated carbocycles. The van der Waals surface area contributed by atoms with E-state index < -0.39 is 0 Å². The first kappa shape index (κ1) is 18.7. The lowest BCUT2D eigenvalue weighted by Gasteiger charge is -2.02. The quantitative estimate of drug-likeness (QED) is 0.273. The van der Waals surface area contributed by atoms with Crippen molar-refractivity contribution in [2.75, 3.05) is 0 Å². The Balaban J connectivity index is 2.91. The molecule has 0 aromatic rings. The smallest absolute Gasteiger partial charge is 0.0827 e. The molecule has 0 nitrogen and oxygen atoms in total. The summed E-state index contributed by atoms with van der Waals surface area (Å²) >= 11 is 0. The van der Waals surface area contributed by atoms with E-state index in [9.17, 15) is 4.39 Å². The summed E-state index contributed by atoms with van der Waals surface area (Å²) in [6.07, 6.45) is 22.5. The van der Waals surface area contributed by atoms with Crippen molar-refractivity contribution in [2.24, 2.45) is 0 Å². The van der Waals surface area contributed by atoms with Crippen molar-refractivity contribution in [3.63, 3.8) is 0 Å². The van der Waals surface area contributed by atoms with Gasteiger partial charge in [0, 0.05) is 0 Å². The SMILES string of the molecule is CCCCCCCCCCCCCCCC/C=C/F. The Bertz CT molecular complexity index is 175. The van der Waals surface area contributed by atoms with Crippen LogP contribution in [0.25, 0.3) is 0 Å². The predicted molar refractivity (Wildman–Crippen MR) is 85.2 cm³/mol. The highest BCUT2D eigenvalue weighted by molar-refractivity contribution is 4.71. The fourth-order valence-corrected chi connectivity index (χ4v) is 2.52. The predicted octanol–water partition coefficient (Wildman–Crippen LogP) is 7.34. The minimum atomic E-state index is 0.669. The molecule has 0 aromatic heterocycles. The molecular weight excluding hydrogens is 235 g/mol. The van der Waals surface area contributed by atoms with E-state index >= 15 is 0 Å². The molecule has 0 radical (unpaired) electrons. The lowest BCUT2D eigenvalue weighted by molar-refractivity contribution is 0.536. The van der Waals surface area contributed by atoms with Crippen molar-refractivity contribution < 1.29 is 4.39 Å². The molecule has 0 aromatic carbocycles. The third-order valence-corrected chi connectivity index (χ3v) is 3.81. The van der Waals surface area contributed by atoms with E-state index in [1.807, 2.05) is 0 Å². The zero-order chi connectivity index (χ0) is 14.0. The van der Waals surface area contributed by atoms with Crippen molar-refractivity contribution in [2.45, 2.75) is 103 Å². The monoisotopic (exact) mass is 270 g/mol. The van der Waals surface area contributed by atoms with E-state index in [-0.39, 0.29) is 0 Å². The Morgan fingerprint density at radius 1 is 0.579 bits per heavy atom. The highest BCUT2D eigenvalue weighted by atomic mass is 19.1. The van der Waals surface area contributed by atoms with E-state index in [0.717, 1.165) is 12.8 Å². The fourth-order valence-electron chi connectivity index (χ4n) is 2.52. The molecule has 0 aliphatic rings. The summed E-state index contributed by atoms with van der Waals surface area (Å²) in [5, 5.41) is 0. The van der Waals surface area contributed by atoms with Gasteiger partial charge in [0.15, 0.2) is 0 Å². The molecule has 0 aliphatic carbocycles. The average Bonchev–Trinajstić information content (AvgIpc) is 2.43. The minimum absolute atomic E-state index is 0.669. The summed E-state index contributed by atoms with van der Waals surface area (Å²) in [6.45, 7) is 2.28. The second kappa shape index (κ2) is 17.7. The molecule has 0 fully saturated rings. The van der Waals surface area contributed by atoms with Crippen molar-refractivity contribution in [3.05, 3.63) is 12.4 Å². The molecule has 0 N–H and O–H groups in total. The van der Waals surface area contributed by atoms with Crippen LogP contribution in [-0.2, 0) is 0 Å². The zero-order valence-corrected chi connectivity index (χ0v) is 13.1. The summed E-state index contributed by atoms with van der Waals surface area (Å²) in [5.74, 6) is 0. The van der Waals surface area contributed by atoms with Gasteiger partial charge in [-0.25, -0.2) is 4.39 Å². The molecule has 19 heavy (non-hydrogen) atoms. The number of hydrogen-bond acceptors (Lipinski definition) is 0. The fraction of sp³-hybridized carbons (Fsp3) is 0.889. The maximum atomic E-state index is 11.7. The summed E-state index contributed by atoms with van der Waals surface area (Å²) in [6, 6.07) is 0. The Kier molecular flexibility index (Phi) is 17.4. The number of allylic oxidation sites excluding steroid dienone is 1. The van der Waals surface area contributed by atoms with E-state index in [4.69, 9.17) is 0 Å². The average molecular weight is 270 g/mol. The number of hydrogen-bond donors (Lipinski definition) is 0. The molecule has 1 heteroatoms. The van der Waals surface area contributed by atoms with Crippen LogP contribution in [-0.4, -0.2) is 0 Å². The minimum Gasteiger partial charge on any atom is -0.216 e. The third-order valence-electron chi connectivity index (χ3n) is 3.81. The van der Waals surface area contributed by atoms with Gasteiger partial charge >= 0.3 is 0 Å². The van der Waals surface area contributed by atoms with Gasteiger partial charge in [-0.05, 0) is 12.8 Å². The zero-order valence-electron chi connectivity index (χ0n) is 13.1. The highest BCUT2D eigenvalue weighted by Crippen LogP contribution is 2.13. The molecule has 0 bridgehead atoms. The molecule has 0 spiro atoms. The van der Waals surface area contributed by atoms with Crippen LogP contribution >= 0.6 is 0 Å². The van der Waals surface area contributed by atoms with Crippen LogP contribution in [0.3, 0.4) is 0 Å². The second-order valence-electron chi connectivity index (χ2n) is 5.75. The third kappa shape index (κ3) is 17.7. The lowest BCUT2D eigenvalue weighted by atomic mass is 10.0. The number of rotatable bonds is 15. The maximum absolute atomic E-state index is 11.7. The highest BCUT2D eigenvalue weighted by Gasteiger charge is 1.93. The van der Waals surface area contributed by atoms with E-state index in [2.05, 4.69) is 6.92 Å². The lowest BCUT2D eigenvalue weighted by Crippen LogP contribution is -1.83. The second-order valence-corrected chi connectivity index (χ2v) is 5.75. The summed E-state index contributed by atoms with van der Waals surface area (Å²) < 4.78 is 11.7. The standard InChI is InChI=1S/C18H35F/c1-2-3-4-5-6-7-8-9-10-11-12-13-14-15-16-17-18-19/h17-18H,2-16H2,1H3/b18-17+. The first-order chi connectivity index (χ1) is 9.41. The van der Waals surface area contributed by atoms with Crippen molar-refractivity contribution in [3.8, 4) is 0 Å². The Morgan fingerprint density at radius 2 is 0.947 bits per heavy atom. The van der Waals surface area contributed by atoms with Crippen LogP contribution in [0.2, 0.25) is 0 Å². The Morgan fingerprint density at radius 3 is 1.32 bits per heavy atom. The molecule has 114 valence electrons. The Hall–Kier alpha value is -0.330. The van der Waals surface area contributed by atoms with Gasteiger partial charge in [-0.3, -0.25) is 0 Å². The molecule has 0 atom stereocenters. The van der Waals surface area contributed by atoms with Gasteiger partial charge in [0.2, 0.25) is 0 Å². The summed E-state index contributed by atoms with van der Waals surface area (Å²) in [5.41, 5.74) is 0. The number of halogens is 1. The first-order valence-electron chi connectivity index (χ1n) is 8.67. The van der Waals surface area contributed by atoms with Gasteiger partial charge in [-0.2, -0.15) is 0 Å². The molecule has 0 amide bonds. The van der Waals surface area contributed by atoms with Crippen molar-refractivity contribution in [1.29, 1.82) is 0 Å². The van der Waals surface area contributed by atoms with Crippen LogP contribution in [0.5, 0.6) is 0 Å². The van der Waals surface area contributed by atoms with Gasteiger partial charge < -0.3 is 0 Å². The van der Waals surface area contributed by atoms with Gasteiger partial charge in [-0.1, -0.05) is 96.5 Å². The topological polar surface area (TPSA) is 0 Å². The first-order valence-corrected chi connectivity index (χ1v) is 8.67. The van der Waals surface area contributed by atoms with Gasteiger partial charge in [0.1, 0.15) is 0 Å². The van der Waals surface area contributed by atoms with Crippen LogP contribution in [0.15, 0.2) is 12.4 Å². The van der Waals surface area contributed by atoms with E-state index in [1.165, 1.54) is 83.5 Å². The van der Waals surface area contributed by atoms with E-state index in [1.54, 1.807) is 6.08 Å². The molecule has 0 rings (SSSR count).